The van der Waals surface area contributed by atoms with Gasteiger partial charge in [-0.2, -0.15) is 0 Å². The second-order valence-corrected chi connectivity index (χ2v) is 6.49. The molecular weight excluding hydrogens is 298 g/mol. The third kappa shape index (κ3) is 2.46. The topological polar surface area (TPSA) is 37.4 Å². The van der Waals surface area contributed by atoms with Crippen molar-refractivity contribution >= 4 is 23.6 Å². The van der Waals surface area contributed by atoms with Gasteiger partial charge in [0.05, 0.1) is 17.5 Å². The van der Waals surface area contributed by atoms with Gasteiger partial charge < -0.3 is 0 Å². The summed E-state index contributed by atoms with van der Waals surface area (Å²) in [6, 6.07) is 19.3. The van der Waals surface area contributed by atoms with Crippen LogP contribution >= 0.6 is 0 Å². The molecule has 2 fully saturated rings. The average molecular weight is 317 g/mol. The standard InChI is InChI=1S/C21H19NO2/c23-20-18-14-13-16(12-11-15-7-3-1-4-8-15)19(18)21(24)22(20)17-9-5-2-6-10-17/h1-12,16,18-19H,13-14H2/b12-11-/t16-,18-,19+/m1/s1. The lowest BCUT2D eigenvalue weighted by atomic mass is 9.91. The summed E-state index contributed by atoms with van der Waals surface area (Å²) in [5, 5.41) is 0. The minimum Gasteiger partial charge on any atom is -0.274 e. The SMILES string of the molecule is O=C1[C@H]2[C@H](/C=C\c3ccccc3)CC[C@H]2C(=O)N1c1ccccc1. The molecule has 1 saturated heterocycles. The van der Waals surface area contributed by atoms with Crippen LogP contribution in [-0.4, -0.2) is 11.8 Å². The molecule has 1 aliphatic heterocycles. The number of para-hydroxylation sites is 1. The molecule has 2 aromatic carbocycles. The maximum absolute atomic E-state index is 12.9. The van der Waals surface area contributed by atoms with Crippen LogP contribution in [-0.2, 0) is 9.59 Å². The summed E-state index contributed by atoms with van der Waals surface area (Å²) in [6.07, 6.45) is 5.87. The van der Waals surface area contributed by atoms with Gasteiger partial charge in [0.2, 0.25) is 11.8 Å². The van der Waals surface area contributed by atoms with Crippen LogP contribution in [0.15, 0.2) is 66.7 Å². The molecular formula is C21H19NO2. The molecule has 0 aromatic heterocycles. The number of anilines is 1. The van der Waals surface area contributed by atoms with Gasteiger partial charge in [-0.25, -0.2) is 0 Å². The molecule has 4 rings (SSSR count). The van der Waals surface area contributed by atoms with Gasteiger partial charge in [-0.3, -0.25) is 14.5 Å². The Hall–Kier alpha value is -2.68. The largest absolute Gasteiger partial charge is 0.274 e. The number of nitrogens with zero attached hydrogens (tertiary/aromatic N) is 1. The molecule has 2 aliphatic rings. The first kappa shape index (κ1) is 14.9. The first-order valence-corrected chi connectivity index (χ1v) is 8.42. The second kappa shape index (κ2) is 6.08. The molecule has 3 heteroatoms. The van der Waals surface area contributed by atoms with E-state index in [4.69, 9.17) is 0 Å². The molecule has 2 amide bonds. The van der Waals surface area contributed by atoms with Gasteiger partial charge in [0, 0.05) is 0 Å². The Kier molecular flexibility index (Phi) is 3.77. The highest BCUT2D eigenvalue weighted by molar-refractivity contribution is 6.22. The molecule has 3 atom stereocenters. The van der Waals surface area contributed by atoms with Crippen LogP contribution in [0.2, 0.25) is 0 Å². The molecule has 0 radical (unpaired) electrons. The van der Waals surface area contributed by atoms with Crippen LogP contribution in [0.5, 0.6) is 0 Å². The lowest BCUT2D eigenvalue weighted by Crippen LogP contribution is -2.32. The van der Waals surface area contributed by atoms with Crippen LogP contribution in [0.1, 0.15) is 18.4 Å². The average Bonchev–Trinajstić information content (AvgIpc) is 3.15. The summed E-state index contributed by atoms with van der Waals surface area (Å²) in [7, 11) is 0. The Labute approximate surface area is 141 Å². The molecule has 0 bridgehead atoms. The second-order valence-electron chi connectivity index (χ2n) is 6.49. The number of allylic oxidation sites excluding steroid dienone is 1. The van der Waals surface area contributed by atoms with Gasteiger partial charge >= 0.3 is 0 Å². The van der Waals surface area contributed by atoms with Gasteiger partial charge in [-0.05, 0) is 36.5 Å². The summed E-state index contributed by atoms with van der Waals surface area (Å²) in [5.74, 6) is -0.315. The molecule has 3 nitrogen and oxygen atoms in total. The molecule has 0 spiro atoms. The fourth-order valence-electron chi connectivity index (χ4n) is 3.93. The molecule has 1 heterocycles. The third-order valence-electron chi connectivity index (χ3n) is 5.10. The highest BCUT2D eigenvalue weighted by Crippen LogP contribution is 2.45. The third-order valence-corrected chi connectivity index (χ3v) is 5.10. The minimum atomic E-state index is -0.210. The van der Waals surface area contributed by atoms with Crippen molar-refractivity contribution in [2.24, 2.45) is 17.8 Å². The van der Waals surface area contributed by atoms with Crippen molar-refractivity contribution in [3.05, 3.63) is 72.3 Å². The Balaban J connectivity index is 1.59. The number of fused-ring (bicyclic) bond motifs is 1. The summed E-state index contributed by atoms with van der Waals surface area (Å²) in [4.78, 5) is 27.0. The summed E-state index contributed by atoms with van der Waals surface area (Å²) in [5.41, 5.74) is 1.81. The molecule has 1 saturated carbocycles. The van der Waals surface area contributed by atoms with Crippen LogP contribution in [0.3, 0.4) is 0 Å². The molecule has 24 heavy (non-hydrogen) atoms. The summed E-state index contributed by atoms with van der Waals surface area (Å²) >= 11 is 0. The zero-order valence-electron chi connectivity index (χ0n) is 13.3. The number of carbonyl (C=O) groups excluding carboxylic acids is 2. The Morgan fingerprint density at radius 3 is 2.21 bits per heavy atom. The van der Waals surface area contributed by atoms with E-state index in [9.17, 15) is 9.59 Å². The molecule has 0 unspecified atom stereocenters. The van der Waals surface area contributed by atoms with Crippen molar-refractivity contribution in [3.8, 4) is 0 Å². The van der Waals surface area contributed by atoms with E-state index >= 15 is 0 Å². The number of hydrogen-bond acceptors (Lipinski definition) is 2. The fraction of sp³-hybridized carbons (Fsp3) is 0.238. The summed E-state index contributed by atoms with van der Waals surface area (Å²) in [6.45, 7) is 0. The van der Waals surface area contributed by atoms with Crippen molar-refractivity contribution in [1.29, 1.82) is 0 Å². The van der Waals surface area contributed by atoms with Crippen molar-refractivity contribution in [1.82, 2.24) is 0 Å². The van der Waals surface area contributed by atoms with E-state index in [2.05, 4.69) is 12.2 Å². The normalized spacial score (nSPS) is 26.3. The van der Waals surface area contributed by atoms with E-state index in [0.717, 1.165) is 18.4 Å². The van der Waals surface area contributed by atoms with Crippen molar-refractivity contribution in [3.63, 3.8) is 0 Å². The van der Waals surface area contributed by atoms with Crippen molar-refractivity contribution in [2.75, 3.05) is 4.90 Å². The van der Waals surface area contributed by atoms with Gasteiger partial charge in [0.15, 0.2) is 0 Å². The summed E-state index contributed by atoms with van der Waals surface area (Å²) < 4.78 is 0. The number of carbonyl (C=O) groups is 2. The molecule has 1 aliphatic carbocycles. The maximum Gasteiger partial charge on any atom is 0.238 e. The first-order valence-electron chi connectivity index (χ1n) is 8.42. The Morgan fingerprint density at radius 2 is 1.50 bits per heavy atom. The van der Waals surface area contributed by atoms with Crippen LogP contribution in [0, 0.1) is 17.8 Å². The molecule has 120 valence electrons. The number of amides is 2. The molecule has 0 N–H and O–H groups in total. The predicted molar refractivity (Wildman–Crippen MR) is 94.1 cm³/mol. The van der Waals surface area contributed by atoms with E-state index in [0.29, 0.717) is 5.69 Å². The number of benzene rings is 2. The van der Waals surface area contributed by atoms with Crippen LogP contribution in [0.4, 0.5) is 5.69 Å². The number of hydrogen-bond donors (Lipinski definition) is 0. The van der Waals surface area contributed by atoms with E-state index in [1.54, 1.807) is 0 Å². The van der Waals surface area contributed by atoms with E-state index in [1.807, 2.05) is 60.7 Å². The van der Waals surface area contributed by atoms with Crippen molar-refractivity contribution < 1.29 is 9.59 Å². The van der Waals surface area contributed by atoms with Crippen LogP contribution in [0.25, 0.3) is 6.08 Å². The lowest BCUT2D eigenvalue weighted by Gasteiger charge is -2.17. The zero-order valence-corrected chi connectivity index (χ0v) is 13.3. The maximum atomic E-state index is 12.9. The lowest BCUT2D eigenvalue weighted by molar-refractivity contribution is -0.123. The van der Waals surface area contributed by atoms with Gasteiger partial charge in [0.1, 0.15) is 0 Å². The first-order chi connectivity index (χ1) is 11.8. The van der Waals surface area contributed by atoms with Crippen LogP contribution < -0.4 is 4.90 Å². The predicted octanol–water partition coefficient (Wildman–Crippen LogP) is 3.92. The zero-order chi connectivity index (χ0) is 16.5. The fourth-order valence-corrected chi connectivity index (χ4v) is 3.93. The highest BCUT2D eigenvalue weighted by Gasteiger charge is 2.53. The molecule has 2 aromatic rings. The highest BCUT2D eigenvalue weighted by atomic mass is 16.2. The quantitative estimate of drug-likeness (QED) is 0.805. The van der Waals surface area contributed by atoms with E-state index < -0.39 is 0 Å². The Morgan fingerprint density at radius 1 is 0.833 bits per heavy atom. The Bertz CT molecular complexity index is 782. The number of rotatable bonds is 3. The van der Waals surface area contributed by atoms with E-state index in [1.165, 1.54) is 4.90 Å². The monoisotopic (exact) mass is 317 g/mol. The van der Waals surface area contributed by atoms with Gasteiger partial charge in [0.25, 0.3) is 0 Å². The van der Waals surface area contributed by atoms with Crippen molar-refractivity contribution in [2.45, 2.75) is 12.8 Å². The van der Waals surface area contributed by atoms with Gasteiger partial charge in [-0.15, -0.1) is 0 Å². The minimum absolute atomic E-state index is 0.0354. The number of imide groups is 1. The van der Waals surface area contributed by atoms with Gasteiger partial charge in [-0.1, -0.05) is 60.7 Å². The smallest absolute Gasteiger partial charge is 0.238 e. The van der Waals surface area contributed by atoms with E-state index in [-0.39, 0.29) is 29.6 Å².